The molecule has 39 heavy (non-hydrogen) atoms. The average molecular weight is 522 g/mol. The number of ketones is 2. The largest absolute Gasteiger partial charge is 0.507 e. The molecule has 2 aliphatic heterocycles. The van der Waals surface area contributed by atoms with Gasteiger partial charge >= 0.3 is 6.09 Å². The van der Waals surface area contributed by atoms with Gasteiger partial charge < -0.3 is 19.7 Å². The molecule has 2 aromatic carbocycles. The van der Waals surface area contributed by atoms with E-state index in [-0.39, 0.29) is 46.0 Å². The number of hydrogen-bond donors (Lipinski definition) is 2. The number of hydrogen-bond acceptors (Lipinski definition) is 7. The van der Waals surface area contributed by atoms with Crippen LogP contribution in [0.1, 0.15) is 51.3 Å². The molecule has 0 radical (unpaired) electrons. The van der Waals surface area contributed by atoms with Gasteiger partial charge in [-0.3, -0.25) is 14.5 Å². The molecule has 8 nitrogen and oxygen atoms in total. The van der Waals surface area contributed by atoms with Gasteiger partial charge in [-0.2, -0.15) is 0 Å². The fourth-order valence-electron chi connectivity index (χ4n) is 6.16. The molecule has 6 rings (SSSR count). The summed E-state index contributed by atoms with van der Waals surface area (Å²) in [6.45, 7) is 7.19. The molecule has 4 atom stereocenters. The third-order valence-corrected chi connectivity index (χ3v) is 7.78. The number of carbonyl (C=O) groups excluding carboxylic acids is 3. The van der Waals surface area contributed by atoms with E-state index in [1.807, 2.05) is 13.8 Å². The summed E-state index contributed by atoms with van der Waals surface area (Å²) in [4.78, 5) is 42.6. The molecule has 0 spiro atoms. The number of rotatable bonds is 3. The first kappa shape index (κ1) is 24.7. The number of amides is 1. The Bertz CT molecular complexity index is 1660. The summed E-state index contributed by atoms with van der Waals surface area (Å²) in [5.74, 6) is 9.54. The Morgan fingerprint density at radius 1 is 1.15 bits per heavy atom. The maximum absolute atomic E-state index is 14.0. The van der Waals surface area contributed by atoms with Crippen molar-refractivity contribution in [1.29, 1.82) is 0 Å². The second-order valence-electron chi connectivity index (χ2n) is 9.98. The molecule has 8 heteroatoms. The third-order valence-electron chi connectivity index (χ3n) is 7.78. The van der Waals surface area contributed by atoms with Crippen molar-refractivity contribution >= 4 is 23.3 Å². The van der Waals surface area contributed by atoms with E-state index < -0.39 is 46.8 Å². The smallest absolute Gasteiger partial charge is 0.415 e. The fraction of sp³-hybridized carbons (Fsp3) is 0.258. The van der Waals surface area contributed by atoms with Gasteiger partial charge in [-0.25, -0.2) is 4.79 Å². The summed E-state index contributed by atoms with van der Waals surface area (Å²) >= 11 is 0. The first-order chi connectivity index (χ1) is 18.7. The van der Waals surface area contributed by atoms with Crippen LogP contribution in [-0.4, -0.2) is 52.2 Å². The van der Waals surface area contributed by atoms with Crippen LogP contribution in [0, 0.1) is 29.6 Å². The van der Waals surface area contributed by atoms with Gasteiger partial charge in [0.2, 0.25) is 0 Å². The number of carbonyl (C=O) groups is 3. The van der Waals surface area contributed by atoms with E-state index in [0.717, 1.165) is 0 Å². The molecular weight excluding hydrogens is 498 g/mol. The monoisotopic (exact) mass is 521 g/mol. The highest BCUT2D eigenvalue weighted by atomic mass is 16.6. The second kappa shape index (κ2) is 8.44. The molecule has 2 heterocycles. The van der Waals surface area contributed by atoms with E-state index in [4.69, 9.17) is 9.47 Å². The second-order valence-corrected chi connectivity index (χ2v) is 9.98. The Morgan fingerprint density at radius 2 is 1.79 bits per heavy atom. The predicted octanol–water partition coefficient (Wildman–Crippen LogP) is 3.24. The zero-order valence-corrected chi connectivity index (χ0v) is 21.1. The summed E-state index contributed by atoms with van der Waals surface area (Å²) in [5.41, 5.74) is -2.87. The summed E-state index contributed by atoms with van der Waals surface area (Å²) in [5, 5.41) is 22.7. The molecule has 2 aromatic rings. The molecule has 1 fully saturated rings. The van der Waals surface area contributed by atoms with Crippen LogP contribution < -0.4 is 4.90 Å². The van der Waals surface area contributed by atoms with Crippen molar-refractivity contribution in [3.05, 3.63) is 83.0 Å². The summed E-state index contributed by atoms with van der Waals surface area (Å²) in [6.07, 6.45) is 2.09. The van der Waals surface area contributed by atoms with E-state index >= 15 is 0 Å². The zero-order chi connectivity index (χ0) is 27.7. The molecule has 2 N–H and O–H groups in total. The van der Waals surface area contributed by atoms with Crippen molar-refractivity contribution in [3.63, 3.8) is 0 Å². The maximum Gasteiger partial charge on any atom is 0.415 e. The normalized spacial score (nSPS) is 27.8. The number of aliphatic hydroxyl groups excluding tert-OH is 1. The molecule has 0 saturated carbocycles. The first-order valence-corrected chi connectivity index (χ1v) is 12.4. The highest BCUT2D eigenvalue weighted by molar-refractivity contribution is 6.32. The SMILES string of the molecule is C=CCOC(=O)N1c2c(cc(O)c3c2C(=O)c2ccccc2C3=O)[C@@]23O[C@@]2(C(C)C)[C@@H]1C#C/C=C\C#C[C@H]3O. The standard InChI is InChI=1S/C31H23NO7/c1-4-15-38-29(37)32-22-13-7-5-6-8-14-23(34)31(30(22,39-31)17(2)3)20-16-21(33)24-25(26(20)32)28(36)19-12-10-9-11-18(19)27(24)35/h4-6,9-12,16-17,22-23,33-34H,1,15H2,2-3H3/b6-5-/t22-,23+,30-,31-/m0/s1. The Morgan fingerprint density at radius 3 is 2.44 bits per heavy atom. The van der Waals surface area contributed by atoms with Crippen LogP contribution in [0.4, 0.5) is 10.5 Å². The number of phenols is 1. The van der Waals surface area contributed by atoms with E-state index in [0.29, 0.717) is 0 Å². The van der Waals surface area contributed by atoms with Gasteiger partial charge in [0.1, 0.15) is 24.0 Å². The van der Waals surface area contributed by atoms with Crippen LogP contribution in [-0.2, 0) is 15.1 Å². The summed E-state index contributed by atoms with van der Waals surface area (Å²) in [7, 11) is 0. The highest BCUT2D eigenvalue weighted by Gasteiger charge is 2.83. The Balaban J connectivity index is 1.75. The maximum atomic E-state index is 14.0. The van der Waals surface area contributed by atoms with Gasteiger partial charge in [-0.15, -0.1) is 0 Å². The van der Waals surface area contributed by atoms with Crippen molar-refractivity contribution in [2.45, 2.75) is 37.2 Å². The minimum atomic E-state index is -1.56. The van der Waals surface area contributed by atoms with Gasteiger partial charge in [-0.1, -0.05) is 74.4 Å². The number of anilines is 1. The van der Waals surface area contributed by atoms with Crippen LogP contribution in [0.2, 0.25) is 0 Å². The van der Waals surface area contributed by atoms with Crippen molar-refractivity contribution in [3.8, 4) is 29.4 Å². The minimum Gasteiger partial charge on any atom is -0.507 e. The molecule has 0 unspecified atom stereocenters. The lowest BCUT2D eigenvalue weighted by atomic mass is 9.67. The number of nitrogens with zero attached hydrogens (tertiary/aromatic N) is 1. The van der Waals surface area contributed by atoms with Crippen LogP contribution in [0.15, 0.2) is 55.1 Å². The Hall–Kier alpha value is -4.63. The molecule has 194 valence electrons. The minimum absolute atomic E-state index is 0.0109. The molecule has 1 saturated heterocycles. The van der Waals surface area contributed by atoms with Crippen molar-refractivity contribution in [2.75, 3.05) is 11.5 Å². The quantitative estimate of drug-likeness (QED) is 0.309. The number of aliphatic hydroxyl groups is 1. The number of benzene rings is 2. The van der Waals surface area contributed by atoms with Gasteiger partial charge in [0.15, 0.2) is 23.3 Å². The van der Waals surface area contributed by atoms with E-state index in [2.05, 4.69) is 30.3 Å². The van der Waals surface area contributed by atoms with E-state index in [9.17, 15) is 24.6 Å². The highest BCUT2D eigenvalue weighted by Crippen LogP contribution is 2.70. The number of phenolic OH excluding ortho intramolecular Hbond substituents is 1. The molecule has 0 aromatic heterocycles. The Labute approximate surface area is 224 Å². The number of epoxide rings is 1. The first-order valence-electron chi connectivity index (χ1n) is 12.4. The molecule has 4 aliphatic rings. The summed E-state index contributed by atoms with van der Waals surface area (Å²) in [6, 6.07) is 6.51. The van der Waals surface area contributed by atoms with Crippen molar-refractivity contribution in [1.82, 2.24) is 0 Å². The predicted molar refractivity (Wildman–Crippen MR) is 140 cm³/mol. The summed E-state index contributed by atoms with van der Waals surface area (Å²) < 4.78 is 11.9. The van der Waals surface area contributed by atoms with Crippen molar-refractivity contribution < 1.29 is 34.1 Å². The number of aromatic hydroxyl groups is 1. The molecule has 1 amide bonds. The van der Waals surface area contributed by atoms with Gasteiger partial charge in [-0.05, 0) is 24.1 Å². The lowest BCUT2D eigenvalue weighted by Gasteiger charge is -2.43. The number of fused-ring (bicyclic) bond motifs is 4. The zero-order valence-electron chi connectivity index (χ0n) is 21.1. The topological polar surface area (TPSA) is 117 Å². The number of ether oxygens (including phenoxy) is 2. The van der Waals surface area contributed by atoms with Crippen LogP contribution >= 0.6 is 0 Å². The average Bonchev–Trinajstić information content (AvgIpc) is 3.65. The number of allylic oxidation sites excluding steroid dienone is 2. The van der Waals surface area contributed by atoms with Crippen LogP contribution in [0.5, 0.6) is 5.75 Å². The molecular formula is C31H23NO7. The van der Waals surface area contributed by atoms with Crippen molar-refractivity contribution in [2.24, 2.45) is 5.92 Å². The molecule has 2 aliphatic carbocycles. The molecule has 2 bridgehead atoms. The van der Waals surface area contributed by atoms with Gasteiger partial charge in [0.25, 0.3) is 0 Å². The lowest BCUT2D eigenvalue weighted by molar-refractivity contribution is 0.0974. The van der Waals surface area contributed by atoms with Gasteiger partial charge in [0.05, 0.1) is 16.8 Å². The van der Waals surface area contributed by atoms with Crippen LogP contribution in [0.25, 0.3) is 0 Å². The van der Waals surface area contributed by atoms with Gasteiger partial charge in [0, 0.05) is 16.7 Å². The lowest BCUT2D eigenvalue weighted by Crippen LogP contribution is -2.59. The fourth-order valence-corrected chi connectivity index (χ4v) is 6.16. The third kappa shape index (κ3) is 3.01. The van der Waals surface area contributed by atoms with E-state index in [1.165, 1.54) is 41.3 Å². The Kier molecular flexibility index (Phi) is 5.34. The van der Waals surface area contributed by atoms with Crippen LogP contribution in [0.3, 0.4) is 0 Å². The van der Waals surface area contributed by atoms with E-state index in [1.54, 1.807) is 12.1 Å².